The van der Waals surface area contributed by atoms with Crippen molar-refractivity contribution in [3.05, 3.63) is 35.4 Å². The van der Waals surface area contributed by atoms with Gasteiger partial charge < -0.3 is 16.0 Å². The van der Waals surface area contributed by atoms with Crippen LogP contribution in [0.3, 0.4) is 0 Å². The molecule has 1 saturated heterocycles. The molecule has 2 rings (SSSR count). The van der Waals surface area contributed by atoms with Crippen LogP contribution >= 0.6 is 0 Å². The lowest BCUT2D eigenvalue weighted by atomic mass is 9.98. The molecule has 3 N–H and O–H groups in total. The van der Waals surface area contributed by atoms with Crippen molar-refractivity contribution in [1.29, 1.82) is 0 Å². The van der Waals surface area contributed by atoms with Gasteiger partial charge in [0.2, 0.25) is 5.91 Å². The van der Waals surface area contributed by atoms with Gasteiger partial charge in [0.25, 0.3) is 0 Å². The van der Waals surface area contributed by atoms with E-state index in [0.29, 0.717) is 25.4 Å². The summed E-state index contributed by atoms with van der Waals surface area (Å²) in [6, 6.07) is 8.24. The number of nitrogens with one attached hydrogen (secondary N) is 3. The molecule has 0 bridgehead atoms. The molecule has 5 nitrogen and oxygen atoms in total. The molecule has 2 atom stereocenters. The molecular formula is C18H27N3O2. The van der Waals surface area contributed by atoms with Crippen molar-refractivity contribution in [2.75, 3.05) is 13.1 Å². The molecule has 2 unspecified atom stereocenters. The molecule has 5 heteroatoms. The van der Waals surface area contributed by atoms with Gasteiger partial charge in [-0.25, -0.2) is 4.79 Å². The Balaban J connectivity index is 1.85. The second kappa shape index (κ2) is 7.99. The number of hydrogen-bond donors (Lipinski definition) is 3. The largest absolute Gasteiger partial charge is 0.356 e. The quantitative estimate of drug-likeness (QED) is 0.755. The molecule has 3 amide bonds. The lowest BCUT2D eigenvalue weighted by Gasteiger charge is -2.19. The Labute approximate surface area is 138 Å². The third-order valence-corrected chi connectivity index (χ3v) is 4.33. The molecule has 1 heterocycles. The van der Waals surface area contributed by atoms with Crippen LogP contribution in [0, 0.1) is 5.92 Å². The van der Waals surface area contributed by atoms with Gasteiger partial charge in [-0.05, 0) is 23.5 Å². The third-order valence-electron chi connectivity index (χ3n) is 4.33. The van der Waals surface area contributed by atoms with Gasteiger partial charge in [-0.15, -0.1) is 0 Å². The monoisotopic (exact) mass is 317 g/mol. The number of carbonyl (C=O) groups excluding carboxylic acids is 2. The van der Waals surface area contributed by atoms with Crippen molar-refractivity contribution < 1.29 is 9.59 Å². The van der Waals surface area contributed by atoms with E-state index in [1.54, 1.807) is 0 Å². The molecule has 0 radical (unpaired) electrons. The molecule has 0 saturated carbocycles. The van der Waals surface area contributed by atoms with Crippen LogP contribution in [0.5, 0.6) is 0 Å². The van der Waals surface area contributed by atoms with E-state index in [0.717, 1.165) is 12.0 Å². The van der Waals surface area contributed by atoms with E-state index in [-0.39, 0.29) is 23.9 Å². The lowest BCUT2D eigenvalue weighted by Crippen LogP contribution is -2.40. The van der Waals surface area contributed by atoms with Crippen LogP contribution in [-0.2, 0) is 4.79 Å². The maximum atomic E-state index is 12.1. The van der Waals surface area contributed by atoms with E-state index in [4.69, 9.17) is 0 Å². The number of rotatable bonds is 6. The SMILES string of the molecule is CCC(NC(=O)NCC1CNC(=O)C1)c1ccc(C(C)C)cc1. The van der Waals surface area contributed by atoms with Gasteiger partial charge in [0, 0.05) is 25.4 Å². The van der Waals surface area contributed by atoms with Gasteiger partial charge in [0.15, 0.2) is 0 Å². The van der Waals surface area contributed by atoms with E-state index >= 15 is 0 Å². The highest BCUT2D eigenvalue weighted by Crippen LogP contribution is 2.20. The topological polar surface area (TPSA) is 70.2 Å². The first kappa shape index (κ1) is 17.3. The fraction of sp³-hybridized carbons (Fsp3) is 0.556. The van der Waals surface area contributed by atoms with E-state index in [9.17, 15) is 9.59 Å². The van der Waals surface area contributed by atoms with Gasteiger partial charge in [0.1, 0.15) is 0 Å². The Kier molecular flexibility index (Phi) is 6.02. The summed E-state index contributed by atoms with van der Waals surface area (Å²) in [5.41, 5.74) is 2.41. The van der Waals surface area contributed by atoms with Crippen molar-refractivity contribution in [2.45, 2.75) is 45.6 Å². The van der Waals surface area contributed by atoms with Crippen molar-refractivity contribution >= 4 is 11.9 Å². The van der Waals surface area contributed by atoms with Crippen LogP contribution < -0.4 is 16.0 Å². The Morgan fingerprint density at radius 2 is 1.91 bits per heavy atom. The Hall–Kier alpha value is -2.04. The summed E-state index contributed by atoms with van der Waals surface area (Å²) in [6.45, 7) is 7.56. The molecule has 1 aliphatic rings. The van der Waals surface area contributed by atoms with Crippen LogP contribution in [0.2, 0.25) is 0 Å². The molecule has 0 aromatic heterocycles. The minimum atomic E-state index is -0.177. The maximum Gasteiger partial charge on any atom is 0.315 e. The first-order valence-electron chi connectivity index (χ1n) is 8.40. The van der Waals surface area contributed by atoms with Crippen molar-refractivity contribution in [3.63, 3.8) is 0 Å². The number of hydrogen-bond acceptors (Lipinski definition) is 2. The fourth-order valence-corrected chi connectivity index (χ4v) is 2.79. The normalized spacial score (nSPS) is 18.6. The molecule has 126 valence electrons. The van der Waals surface area contributed by atoms with Gasteiger partial charge >= 0.3 is 6.03 Å². The minimum Gasteiger partial charge on any atom is -0.356 e. The fourth-order valence-electron chi connectivity index (χ4n) is 2.79. The van der Waals surface area contributed by atoms with Crippen molar-refractivity contribution in [1.82, 2.24) is 16.0 Å². The number of urea groups is 1. The average Bonchev–Trinajstić information content (AvgIpc) is 2.96. The zero-order chi connectivity index (χ0) is 16.8. The van der Waals surface area contributed by atoms with Gasteiger partial charge in [0.05, 0.1) is 6.04 Å². The predicted octanol–water partition coefficient (Wildman–Crippen LogP) is 2.70. The summed E-state index contributed by atoms with van der Waals surface area (Å²) < 4.78 is 0. The Morgan fingerprint density at radius 1 is 1.26 bits per heavy atom. The molecule has 1 fully saturated rings. The van der Waals surface area contributed by atoms with Gasteiger partial charge in [-0.2, -0.15) is 0 Å². The van der Waals surface area contributed by atoms with Crippen LogP contribution in [0.1, 0.15) is 56.7 Å². The highest BCUT2D eigenvalue weighted by atomic mass is 16.2. The summed E-state index contributed by atoms with van der Waals surface area (Å²) >= 11 is 0. The Morgan fingerprint density at radius 3 is 2.43 bits per heavy atom. The zero-order valence-corrected chi connectivity index (χ0v) is 14.2. The lowest BCUT2D eigenvalue weighted by molar-refractivity contribution is -0.119. The summed E-state index contributed by atoms with van der Waals surface area (Å²) in [5, 5.41) is 8.65. The van der Waals surface area contributed by atoms with Crippen LogP contribution in [-0.4, -0.2) is 25.0 Å². The first-order valence-corrected chi connectivity index (χ1v) is 8.40. The molecule has 1 aromatic rings. The number of carbonyl (C=O) groups is 2. The highest BCUT2D eigenvalue weighted by molar-refractivity contribution is 5.78. The number of benzene rings is 1. The van der Waals surface area contributed by atoms with Crippen LogP contribution in [0.15, 0.2) is 24.3 Å². The van der Waals surface area contributed by atoms with Gasteiger partial charge in [-0.3, -0.25) is 4.79 Å². The second-order valence-electron chi connectivity index (χ2n) is 6.51. The molecule has 0 aliphatic carbocycles. The molecular weight excluding hydrogens is 290 g/mol. The first-order chi connectivity index (χ1) is 11.0. The summed E-state index contributed by atoms with van der Waals surface area (Å²) in [4.78, 5) is 23.2. The van der Waals surface area contributed by atoms with E-state index in [1.807, 2.05) is 0 Å². The van der Waals surface area contributed by atoms with Gasteiger partial charge in [-0.1, -0.05) is 45.0 Å². The minimum absolute atomic E-state index is 0.000419. The molecule has 0 spiro atoms. The molecule has 1 aliphatic heterocycles. The van der Waals surface area contributed by atoms with Crippen LogP contribution in [0.25, 0.3) is 0 Å². The highest BCUT2D eigenvalue weighted by Gasteiger charge is 2.22. The number of amides is 3. The van der Waals surface area contributed by atoms with E-state index < -0.39 is 0 Å². The average molecular weight is 317 g/mol. The summed E-state index contributed by atoms with van der Waals surface area (Å²) in [7, 11) is 0. The predicted molar refractivity (Wildman–Crippen MR) is 91.2 cm³/mol. The molecule has 23 heavy (non-hydrogen) atoms. The summed E-state index contributed by atoms with van der Waals surface area (Å²) in [6.07, 6.45) is 1.33. The van der Waals surface area contributed by atoms with Crippen molar-refractivity contribution in [2.24, 2.45) is 5.92 Å². The maximum absolute atomic E-state index is 12.1. The van der Waals surface area contributed by atoms with E-state index in [2.05, 4.69) is 61.0 Å². The zero-order valence-electron chi connectivity index (χ0n) is 14.2. The van der Waals surface area contributed by atoms with Crippen LogP contribution in [0.4, 0.5) is 4.79 Å². The molecule has 1 aromatic carbocycles. The van der Waals surface area contributed by atoms with Crippen molar-refractivity contribution in [3.8, 4) is 0 Å². The Bertz CT molecular complexity index is 540. The summed E-state index contributed by atoms with van der Waals surface area (Å²) in [5.74, 6) is 0.760. The standard InChI is InChI=1S/C18H27N3O2/c1-4-16(15-7-5-14(6-8-15)12(2)3)21-18(23)20-11-13-9-17(22)19-10-13/h5-8,12-13,16H,4,9-11H2,1-3H3,(H,19,22)(H2,20,21,23). The third kappa shape index (κ3) is 4.98. The smallest absolute Gasteiger partial charge is 0.315 e. The second-order valence-corrected chi connectivity index (χ2v) is 6.51. The van der Waals surface area contributed by atoms with E-state index in [1.165, 1.54) is 5.56 Å².